The molecule has 8 heteroatoms. The predicted octanol–water partition coefficient (Wildman–Crippen LogP) is 1.30. The number of nitrogens with one attached hydrogen (secondary N) is 1. The van der Waals surface area contributed by atoms with E-state index in [-0.39, 0.29) is 25.9 Å². The normalized spacial score (nSPS) is 15.1. The van der Waals surface area contributed by atoms with E-state index in [0.29, 0.717) is 5.06 Å². The molecule has 0 radical (unpaired) electrons. The van der Waals surface area contributed by atoms with Crippen molar-refractivity contribution in [3.63, 3.8) is 0 Å². The van der Waals surface area contributed by atoms with Gasteiger partial charge in [-0.3, -0.25) is 9.59 Å². The number of carbonyl (C=O) groups is 4. The summed E-state index contributed by atoms with van der Waals surface area (Å²) in [5.41, 5.74) is 0.802. The molecule has 1 aromatic rings. The summed E-state index contributed by atoms with van der Waals surface area (Å²) in [5.74, 6) is -2.04. The van der Waals surface area contributed by atoms with E-state index < -0.39 is 29.9 Å². The Kier molecular flexibility index (Phi) is 5.89. The van der Waals surface area contributed by atoms with Gasteiger partial charge in [-0.25, -0.2) is 9.59 Å². The molecule has 1 aromatic carbocycles. The Morgan fingerprint density at radius 2 is 1.79 bits per heavy atom. The molecule has 8 nitrogen and oxygen atoms in total. The van der Waals surface area contributed by atoms with Crippen LogP contribution < -0.4 is 5.32 Å². The molecule has 1 heterocycles. The van der Waals surface area contributed by atoms with Crippen molar-refractivity contribution >= 4 is 23.9 Å². The zero-order valence-electron chi connectivity index (χ0n) is 13.2. The number of nitrogens with zero attached hydrogens (tertiary/aromatic N) is 1. The van der Waals surface area contributed by atoms with Crippen LogP contribution in [0.25, 0.3) is 0 Å². The lowest BCUT2D eigenvalue weighted by atomic mass is 10.2. The Morgan fingerprint density at radius 1 is 1.17 bits per heavy atom. The molecule has 0 unspecified atom stereocenters. The first kappa shape index (κ1) is 17.5. The van der Waals surface area contributed by atoms with Gasteiger partial charge in [-0.2, -0.15) is 0 Å². The number of alkyl carbamates (subject to hydrolysis) is 1. The number of benzene rings is 1. The number of hydrogen-bond donors (Lipinski definition) is 1. The number of hydrogen-bond acceptors (Lipinski definition) is 6. The highest BCUT2D eigenvalue weighted by Gasteiger charge is 2.35. The van der Waals surface area contributed by atoms with Gasteiger partial charge in [0.15, 0.2) is 0 Å². The lowest BCUT2D eigenvalue weighted by Crippen LogP contribution is -2.45. The quantitative estimate of drug-likeness (QED) is 0.787. The molecule has 1 saturated heterocycles. The molecular weight excluding hydrogens is 316 g/mol. The number of carbonyl (C=O) groups excluding carboxylic acids is 4. The van der Waals surface area contributed by atoms with Gasteiger partial charge in [0.25, 0.3) is 11.8 Å². The van der Waals surface area contributed by atoms with E-state index in [9.17, 15) is 19.2 Å². The minimum atomic E-state index is -1.02. The summed E-state index contributed by atoms with van der Waals surface area (Å²) in [6.45, 7) is 1.71. The Balaban J connectivity index is 1.84. The molecular formula is C16H18N2O6. The smallest absolute Gasteiger partial charge is 0.408 e. The molecule has 0 aliphatic carbocycles. The first-order chi connectivity index (χ1) is 11.5. The largest absolute Gasteiger partial charge is 0.445 e. The van der Waals surface area contributed by atoms with Crippen LogP contribution in [0.15, 0.2) is 30.3 Å². The molecule has 0 aromatic heterocycles. The maximum absolute atomic E-state index is 12.0. The summed E-state index contributed by atoms with van der Waals surface area (Å²) >= 11 is 0. The number of ether oxygens (including phenoxy) is 1. The number of imide groups is 1. The van der Waals surface area contributed by atoms with Crippen LogP contribution in [0, 0.1) is 0 Å². The summed E-state index contributed by atoms with van der Waals surface area (Å²) in [6.07, 6.45) is -0.554. The maximum Gasteiger partial charge on any atom is 0.408 e. The molecule has 128 valence electrons. The SMILES string of the molecule is CC[C@@H](NC(=O)OCc1ccccc1)C(=O)ON1C(=O)CCC1=O. The topological polar surface area (TPSA) is 102 Å². The second-order valence-electron chi connectivity index (χ2n) is 5.16. The van der Waals surface area contributed by atoms with Crippen molar-refractivity contribution in [2.24, 2.45) is 0 Å². The van der Waals surface area contributed by atoms with E-state index in [1.54, 1.807) is 19.1 Å². The second kappa shape index (κ2) is 8.09. The van der Waals surface area contributed by atoms with Crippen LogP contribution in [0.5, 0.6) is 0 Å². The van der Waals surface area contributed by atoms with E-state index >= 15 is 0 Å². The molecule has 0 bridgehead atoms. The Bertz CT molecular complexity index is 615. The van der Waals surface area contributed by atoms with Gasteiger partial charge in [0.05, 0.1) is 0 Å². The van der Waals surface area contributed by atoms with Gasteiger partial charge in [0.1, 0.15) is 12.6 Å². The van der Waals surface area contributed by atoms with E-state index in [2.05, 4.69) is 5.32 Å². The molecule has 0 saturated carbocycles. The average Bonchev–Trinajstić information content (AvgIpc) is 2.90. The van der Waals surface area contributed by atoms with E-state index in [1.807, 2.05) is 18.2 Å². The first-order valence-electron chi connectivity index (χ1n) is 7.56. The molecule has 3 amide bonds. The summed E-state index contributed by atoms with van der Waals surface area (Å²) in [7, 11) is 0. The van der Waals surface area contributed by atoms with Crippen molar-refractivity contribution in [2.75, 3.05) is 0 Å². The lowest BCUT2D eigenvalue weighted by molar-refractivity contribution is -0.198. The highest BCUT2D eigenvalue weighted by molar-refractivity contribution is 6.01. The van der Waals surface area contributed by atoms with Crippen molar-refractivity contribution in [3.8, 4) is 0 Å². The second-order valence-corrected chi connectivity index (χ2v) is 5.16. The zero-order valence-corrected chi connectivity index (χ0v) is 13.2. The summed E-state index contributed by atoms with van der Waals surface area (Å²) in [4.78, 5) is 51.4. The van der Waals surface area contributed by atoms with Crippen LogP contribution in [0.3, 0.4) is 0 Å². The van der Waals surface area contributed by atoms with Gasteiger partial charge in [0, 0.05) is 12.8 Å². The van der Waals surface area contributed by atoms with Crippen molar-refractivity contribution in [1.29, 1.82) is 0 Å². The summed E-state index contributed by atoms with van der Waals surface area (Å²) in [6, 6.07) is 8.04. The van der Waals surface area contributed by atoms with Crippen molar-refractivity contribution < 1.29 is 28.8 Å². The fraction of sp³-hybridized carbons (Fsp3) is 0.375. The molecule has 0 spiro atoms. The standard InChI is InChI=1S/C16H18N2O6/c1-2-12(15(21)24-18-13(19)8-9-14(18)20)17-16(22)23-10-11-6-4-3-5-7-11/h3-7,12H,2,8-10H2,1H3,(H,17,22)/t12-/m1/s1. The van der Waals surface area contributed by atoms with Gasteiger partial charge in [-0.1, -0.05) is 37.3 Å². The fourth-order valence-electron chi connectivity index (χ4n) is 2.05. The van der Waals surface area contributed by atoms with Crippen molar-refractivity contribution in [1.82, 2.24) is 10.4 Å². The molecule has 1 N–H and O–H groups in total. The Morgan fingerprint density at radius 3 is 2.38 bits per heavy atom. The molecule has 24 heavy (non-hydrogen) atoms. The zero-order chi connectivity index (χ0) is 17.5. The van der Waals surface area contributed by atoms with Gasteiger partial charge < -0.3 is 14.9 Å². The third-order valence-corrected chi connectivity index (χ3v) is 3.38. The number of hydroxylamine groups is 2. The van der Waals surface area contributed by atoms with Gasteiger partial charge in [-0.15, -0.1) is 5.06 Å². The van der Waals surface area contributed by atoms with E-state index in [1.165, 1.54) is 0 Å². The van der Waals surface area contributed by atoms with Crippen LogP contribution in [-0.4, -0.2) is 35.0 Å². The van der Waals surface area contributed by atoms with Gasteiger partial charge >= 0.3 is 12.1 Å². The Hall–Kier alpha value is -2.90. The highest BCUT2D eigenvalue weighted by atomic mass is 16.7. The maximum atomic E-state index is 12.0. The number of amides is 3. The number of rotatable bonds is 6. The predicted molar refractivity (Wildman–Crippen MR) is 81.0 cm³/mol. The lowest BCUT2D eigenvalue weighted by Gasteiger charge is -2.18. The van der Waals surface area contributed by atoms with Crippen LogP contribution in [-0.2, 0) is 30.6 Å². The third kappa shape index (κ3) is 4.55. The first-order valence-corrected chi connectivity index (χ1v) is 7.56. The summed E-state index contributed by atoms with van der Waals surface area (Å²) < 4.78 is 5.02. The highest BCUT2D eigenvalue weighted by Crippen LogP contribution is 2.13. The molecule has 1 fully saturated rings. The Labute approximate surface area is 138 Å². The molecule has 1 aliphatic heterocycles. The minimum absolute atomic E-state index is 0.00938. The summed E-state index contributed by atoms with van der Waals surface area (Å²) in [5, 5.41) is 2.80. The van der Waals surface area contributed by atoms with Crippen molar-refractivity contribution in [2.45, 2.75) is 38.8 Å². The molecule has 1 atom stereocenters. The molecule has 1 aliphatic rings. The molecule has 2 rings (SSSR count). The van der Waals surface area contributed by atoms with Crippen LogP contribution in [0.4, 0.5) is 4.79 Å². The van der Waals surface area contributed by atoms with Crippen LogP contribution in [0.1, 0.15) is 31.7 Å². The van der Waals surface area contributed by atoms with E-state index in [0.717, 1.165) is 5.56 Å². The fourth-order valence-corrected chi connectivity index (χ4v) is 2.05. The monoisotopic (exact) mass is 334 g/mol. The van der Waals surface area contributed by atoms with Gasteiger partial charge in [0.2, 0.25) is 0 Å². The van der Waals surface area contributed by atoms with Crippen molar-refractivity contribution in [3.05, 3.63) is 35.9 Å². The van der Waals surface area contributed by atoms with Gasteiger partial charge in [-0.05, 0) is 12.0 Å². The van der Waals surface area contributed by atoms with Crippen LogP contribution in [0.2, 0.25) is 0 Å². The third-order valence-electron chi connectivity index (χ3n) is 3.38. The van der Waals surface area contributed by atoms with Crippen LogP contribution >= 0.6 is 0 Å². The minimum Gasteiger partial charge on any atom is -0.445 e. The van der Waals surface area contributed by atoms with E-state index in [4.69, 9.17) is 9.57 Å². The average molecular weight is 334 g/mol.